The van der Waals surface area contributed by atoms with E-state index in [-0.39, 0.29) is 11.4 Å². The van der Waals surface area contributed by atoms with Crippen molar-refractivity contribution >= 4 is 36.9 Å². The van der Waals surface area contributed by atoms with Gasteiger partial charge in [-0.2, -0.15) is 0 Å². The summed E-state index contributed by atoms with van der Waals surface area (Å²) in [6.45, 7) is -3.88. The van der Waals surface area contributed by atoms with E-state index in [4.69, 9.17) is 38.6 Å². The zero-order valence-electron chi connectivity index (χ0n) is 22.4. The van der Waals surface area contributed by atoms with Gasteiger partial charge in [-0.05, 0) is 12.1 Å². The third kappa shape index (κ3) is 8.54. The molecule has 1 unspecified atom stereocenters. The van der Waals surface area contributed by atoms with Crippen LogP contribution in [0.5, 0.6) is 5.75 Å². The monoisotopic (exact) mass is 517 g/mol. The van der Waals surface area contributed by atoms with Crippen LogP contribution in [0, 0.1) is 10.1 Å². The maximum atomic E-state index is 12.5. The van der Waals surface area contributed by atoms with Gasteiger partial charge in [0.05, 0.1) is 11.5 Å². The molecule has 0 radical (unpaired) electrons. The number of non-ortho nitro benzene ring substituents is 1. The molecule has 0 aromatic heterocycles. The molecule has 1 saturated heterocycles. The molecule has 0 N–H and O–H groups in total. The molecule has 1 fully saturated rings. The molecule has 0 saturated carbocycles. The Balaban J connectivity index is 2.36. The van der Waals surface area contributed by atoms with E-state index < -0.39 is 99.9 Å². The van der Waals surface area contributed by atoms with Gasteiger partial charge in [0.25, 0.3) is 5.69 Å². The molecule has 5 atom stereocenters. The normalized spacial score (nSPS) is 24.8. The molecule has 1 aliphatic rings. The molecule has 15 heteroatoms. The van der Waals surface area contributed by atoms with Crippen molar-refractivity contribution in [3.8, 4) is 5.75 Å². The minimum Gasteiger partial charge on any atom is -0.401 e. The van der Waals surface area contributed by atoms with Crippen molar-refractivity contribution in [2.24, 2.45) is 0 Å². The maximum Gasteiger partial charge on any atom is 0.516 e. The molecule has 36 heavy (non-hydrogen) atoms. The zero-order chi connectivity index (χ0) is 29.8. The predicted molar refractivity (Wildman–Crippen MR) is 113 cm³/mol. The Bertz CT molecular complexity index is 1090. The van der Waals surface area contributed by atoms with Crippen LogP contribution in [0.4, 0.5) is 10.5 Å². The Kier molecular flexibility index (Phi) is 9.75. The van der Waals surface area contributed by atoms with Crippen LogP contribution in [0.15, 0.2) is 24.3 Å². The minimum atomic E-state index is -1.84. The zero-order valence-corrected chi connectivity index (χ0v) is 18.4. The van der Waals surface area contributed by atoms with Crippen molar-refractivity contribution < 1.29 is 67.5 Å². The topological polar surface area (TPSA) is 193 Å². The molecule has 0 aliphatic carbocycles. The van der Waals surface area contributed by atoms with Crippen LogP contribution in [0.25, 0.3) is 0 Å². The van der Waals surface area contributed by atoms with E-state index in [9.17, 15) is 34.1 Å². The number of hydrogen-bond donors (Lipinski definition) is 0. The Hall–Kier alpha value is -3.63. The summed E-state index contributed by atoms with van der Waals surface area (Å²) in [6.07, 6.45) is -14.1. The van der Waals surface area contributed by atoms with Gasteiger partial charge in [0.1, 0.15) is 87.1 Å². The second kappa shape index (κ2) is 15.4. The van der Waals surface area contributed by atoms with E-state index in [1.807, 2.05) is 0 Å². The highest BCUT2D eigenvalue weighted by molar-refractivity contribution is 5.64. The van der Waals surface area contributed by atoms with Crippen LogP contribution in [0.3, 0.4) is 0 Å². The summed E-state index contributed by atoms with van der Waals surface area (Å²) in [6, 6.07) is 4.28. The fraction of sp³-hybridized carbons (Fsp3) is 0.476. The Morgan fingerprint density at radius 1 is 0.917 bits per heavy atom. The van der Waals surface area contributed by atoms with Crippen LogP contribution in [-0.2, 0) is 47.6 Å². The van der Waals surface area contributed by atoms with E-state index in [0.717, 1.165) is 24.3 Å². The first-order valence-electron chi connectivity index (χ1n) is 12.1. The standard InChI is InChI=1S/C21H23NO14/c23-5-9-30-13-16-17(31-10-6-24)18(32-11-7-25)19(33-12-8-26)20(35-16)36-21(27)34-15-3-1-14(2-4-15)22(28)29/h1-8,16-20H,9-13H2/t16-,17-,18+,19-,20?/m1/s1/i5D,6D,7D,8D. The highest BCUT2D eigenvalue weighted by Gasteiger charge is 2.50. The molecule has 0 spiro atoms. The van der Waals surface area contributed by atoms with Gasteiger partial charge in [0.2, 0.25) is 6.29 Å². The second-order valence-electron chi connectivity index (χ2n) is 6.68. The number of benzene rings is 1. The first-order valence-corrected chi connectivity index (χ1v) is 10.1. The van der Waals surface area contributed by atoms with Crippen LogP contribution in [-0.4, -0.2) is 99.9 Å². The summed E-state index contributed by atoms with van der Waals surface area (Å²) < 4.78 is 65.2. The third-order valence-electron chi connectivity index (χ3n) is 4.50. The lowest BCUT2D eigenvalue weighted by Gasteiger charge is -2.44. The molecule has 1 aliphatic heterocycles. The first-order chi connectivity index (χ1) is 18.9. The summed E-state index contributed by atoms with van der Waals surface area (Å²) in [5.41, 5.74) is -0.292. The summed E-state index contributed by atoms with van der Waals surface area (Å²) in [5.74, 6) is -0.179. The van der Waals surface area contributed by atoms with Crippen molar-refractivity contribution in [3.05, 3.63) is 34.4 Å². The third-order valence-corrected chi connectivity index (χ3v) is 4.50. The van der Waals surface area contributed by atoms with Gasteiger partial charge in [0, 0.05) is 12.1 Å². The molecular weight excluding hydrogens is 490 g/mol. The molecule has 2 rings (SSSR count). The minimum absolute atomic E-state index is 0.179. The van der Waals surface area contributed by atoms with E-state index in [1.165, 1.54) is 0 Å². The van der Waals surface area contributed by atoms with Crippen molar-refractivity contribution in [2.75, 3.05) is 33.0 Å². The average molecular weight is 517 g/mol. The number of ether oxygens (including phenoxy) is 7. The molecule has 15 nitrogen and oxygen atoms in total. The van der Waals surface area contributed by atoms with Gasteiger partial charge in [-0.15, -0.1) is 0 Å². The van der Waals surface area contributed by atoms with E-state index in [2.05, 4.69) is 0 Å². The number of nitro benzene ring substituents is 1. The van der Waals surface area contributed by atoms with Crippen molar-refractivity contribution in [1.29, 1.82) is 0 Å². The summed E-state index contributed by atoms with van der Waals surface area (Å²) in [4.78, 5) is 67.5. The highest BCUT2D eigenvalue weighted by Crippen LogP contribution is 2.30. The average Bonchev–Trinajstić information content (AvgIpc) is 2.85. The second-order valence-corrected chi connectivity index (χ2v) is 6.68. The molecule has 196 valence electrons. The SMILES string of the molecule is [2H]C(=O)COC[C@H]1OC(OC(=O)Oc2ccc([N+](=O)[O-])cc2)[C@H](OCC([2H])=O)[C@@H](OCC([2H])=O)[C@@H]1OCC([2H])=O. The number of nitro groups is 1. The van der Waals surface area contributed by atoms with E-state index in [1.54, 1.807) is 0 Å². The van der Waals surface area contributed by atoms with Gasteiger partial charge in [-0.1, -0.05) is 0 Å². The Morgan fingerprint density at radius 3 is 2.03 bits per heavy atom. The summed E-state index contributed by atoms with van der Waals surface area (Å²) in [7, 11) is 0. The largest absolute Gasteiger partial charge is 0.516 e. The van der Waals surface area contributed by atoms with Crippen molar-refractivity contribution in [3.63, 3.8) is 0 Å². The number of nitrogens with zero attached hydrogens (tertiary/aromatic N) is 1. The van der Waals surface area contributed by atoms with Gasteiger partial charge in [-0.25, -0.2) is 4.79 Å². The lowest BCUT2D eigenvalue weighted by atomic mass is 9.98. The van der Waals surface area contributed by atoms with Crippen LogP contribution in [0.2, 0.25) is 0 Å². The summed E-state index contributed by atoms with van der Waals surface area (Å²) in [5, 5.41) is 10.8. The molecule has 1 aromatic carbocycles. The smallest absolute Gasteiger partial charge is 0.401 e. The van der Waals surface area contributed by atoms with Crippen molar-refractivity contribution in [1.82, 2.24) is 0 Å². The number of rotatable bonds is 16. The highest BCUT2D eigenvalue weighted by atomic mass is 16.8. The van der Waals surface area contributed by atoms with Gasteiger partial charge >= 0.3 is 6.16 Å². The van der Waals surface area contributed by atoms with Crippen molar-refractivity contribution in [2.45, 2.75) is 30.7 Å². The molecule has 0 bridgehead atoms. The fourth-order valence-corrected chi connectivity index (χ4v) is 3.13. The molecule has 0 amide bonds. The quantitative estimate of drug-likeness (QED) is 0.0920. The number of carbonyl (C=O) groups excluding carboxylic acids is 5. The van der Waals surface area contributed by atoms with Gasteiger partial charge < -0.3 is 52.3 Å². The molecule has 1 heterocycles. The van der Waals surface area contributed by atoms with E-state index in [0.29, 0.717) is 0 Å². The Morgan fingerprint density at radius 2 is 1.47 bits per heavy atom. The van der Waals surface area contributed by atoms with Crippen LogP contribution in [0.1, 0.15) is 5.48 Å². The first kappa shape index (κ1) is 22.8. The number of hydrogen-bond acceptors (Lipinski definition) is 14. The predicted octanol–water partition coefficient (Wildman–Crippen LogP) is -0.197. The fourth-order valence-electron chi connectivity index (χ4n) is 3.13. The van der Waals surface area contributed by atoms with Gasteiger partial charge in [0.15, 0.2) is 0 Å². The number of aldehydes is 4. The Labute approximate surface area is 209 Å². The van der Waals surface area contributed by atoms with Gasteiger partial charge in [-0.3, -0.25) is 10.1 Å². The maximum absolute atomic E-state index is 12.5. The van der Waals surface area contributed by atoms with Crippen LogP contribution < -0.4 is 4.74 Å². The summed E-state index contributed by atoms with van der Waals surface area (Å²) >= 11 is 0. The number of carbonyl (C=O) groups is 5. The van der Waals surface area contributed by atoms with E-state index >= 15 is 0 Å². The lowest BCUT2D eigenvalue weighted by Crippen LogP contribution is -2.62. The molecular formula is C21H23NO14. The van der Waals surface area contributed by atoms with Crippen LogP contribution >= 0.6 is 0 Å². The lowest BCUT2D eigenvalue weighted by molar-refractivity contribution is -0.384. The molecule has 1 aromatic rings.